The molecule has 3 aromatic carbocycles. The fourth-order valence-electron chi connectivity index (χ4n) is 3.10. The van der Waals surface area contributed by atoms with Gasteiger partial charge in [-0.15, -0.1) is 0 Å². The highest BCUT2D eigenvalue weighted by Crippen LogP contribution is 2.38. The van der Waals surface area contributed by atoms with Crippen molar-refractivity contribution >= 4 is 62.5 Å². The van der Waals surface area contributed by atoms with Crippen molar-refractivity contribution in [3.8, 4) is 17.6 Å². The average Bonchev–Trinajstić information content (AvgIpc) is 2.83. The lowest BCUT2D eigenvalue weighted by Crippen LogP contribution is -2.14. The number of carbonyl (C=O) groups is 1. The first-order chi connectivity index (χ1) is 16.7. The average molecular weight is 575 g/mol. The number of amides is 1. The Morgan fingerprint density at radius 2 is 1.83 bits per heavy atom. The zero-order valence-corrected chi connectivity index (χ0v) is 22.3. The van der Waals surface area contributed by atoms with Gasteiger partial charge >= 0.3 is 0 Å². The number of rotatable bonds is 8. The number of ether oxygens (including phenoxy) is 2. The Labute approximate surface area is 222 Å². The van der Waals surface area contributed by atoms with Crippen molar-refractivity contribution in [2.45, 2.75) is 6.61 Å². The Morgan fingerprint density at radius 3 is 2.43 bits per heavy atom. The largest absolute Gasteiger partial charge is 0.493 e. The van der Waals surface area contributed by atoms with Gasteiger partial charge in [-0.1, -0.05) is 29.3 Å². The first-order valence-electron chi connectivity index (χ1n) is 10.4. The molecule has 0 saturated heterocycles. The predicted molar refractivity (Wildman–Crippen MR) is 144 cm³/mol. The van der Waals surface area contributed by atoms with E-state index >= 15 is 0 Å². The van der Waals surface area contributed by atoms with Crippen LogP contribution in [0.25, 0.3) is 6.08 Å². The summed E-state index contributed by atoms with van der Waals surface area (Å²) in [6, 6.07) is 17.9. The summed E-state index contributed by atoms with van der Waals surface area (Å²) in [5.41, 5.74) is 2.95. The molecule has 180 valence electrons. The number of benzene rings is 3. The summed E-state index contributed by atoms with van der Waals surface area (Å²) in [6.45, 7) is 0.236. The number of nitrogens with zero attached hydrogens (tertiary/aromatic N) is 2. The van der Waals surface area contributed by atoms with Gasteiger partial charge in [0.05, 0.1) is 21.6 Å². The van der Waals surface area contributed by atoms with Crippen molar-refractivity contribution in [2.75, 3.05) is 31.4 Å². The lowest BCUT2D eigenvalue weighted by Gasteiger charge is -2.14. The number of nitriles is 1. The molecule has 0 atom stereocenters. The van der Waals surface area contributed by atoms with Crippen LogP contribution in [0.4, 0.5) is 11.4 Å². The SMILES string of the molecule is COc1cc(/C=C(/C#N)C(=O)Nc2ccc(N(C)C)cc2)cc(Br)c1OCc1ccc(Cl)c(Cl)c1. The molecule has 9 heteroatoms. The van der Waals surface area contributed by atoms with Gasteiger partial charge < -0.3 is 19.7 Å². The maximum absolute atomic E-state index is 12.7. The molecule has 3 rings (SSSR count). The highest BCUT2D eigenvalue weighted by Gasteiger charge is 2.15. The summed E-state index contributed by atoms with van der Waals surface area (Å²) in [7, 11) is 5.37. The maximum Gasteiger partial charge on any atom is 0.266 e. The third-order valence-electron chi connectivity index (χ3n) is 4.94. The molecule has 1 amide bonds. The molecule has 0 aliphatic rings. The molecule has 0 aliphatic carbocycles. The topological polar surface area (TPSA) is 74.6 Å². The molecule has 3 aromatic rings. The van der Waals surface area contributed by atoms with Crippen molar-refractivity contribution in [1.82, 2.24) is 0 Å². The minimum Gasteiger partial charge on any atom is -0.493 e. The summed E-state index contributed by atoms with van der Waals surface area (Å²) in [6.07, 6.45) is 1.49. The van der Waals surface area contributed by atoms with E-state index in [0.29, 0.717) is 37.3 Å². The van der Waals surface area contributed by atoms with Crippen LogP contribution in [0.3, 0.4) is 0 Å². The first kappa shape index (κ1) is 26.4. The van der Waals surface area contributed by atoms with Gasteiger partial charge in [0.1, 0.15) is 18.2 Å². The van der Waals surface area contributed by atoms with E-state index in [1.54, 1.807) is 36.4 Å². The molecule has 0 spiro atoms. The summed E-state index contributed by atoms with van der Waals surface area (Å²) < 4.78 is 12.0. The van der Waals surface area contributed by atoms with Crippen LogP contribution in [0.1, 0.15) is 11.1 Å². The Bertz CT molecular complexity index is 1300. The molecule has 1 N–H and O–H groups in total. The van der Waals surface area contributed by atoms with Gasteiger partial charge in [0, 0.05) is 25.5 Å². The van der Waals surface area contributed by atoms with Crippen LogP contribution in [-0.4, -0.2) is 27.1 Å². The predicted octanol–water partition coefficient (Wildman–Crippen LogP) is 6.96. The van der Waals surface area contributed by atoms with Crippen molar-refractivity contribution in [3.05, 3.63) is 85.8 Å². The third kappa shape index (κ3) is 6.92. The number of methoxy groups -OCH3 is 1. The van der Waals surface area contributed by atoms with Crippen LogP contribution < -0.4 is 19.7 Å². The normalized spacial score (nSPS) is 10.9. The Morgan fingerprint density at radius 1 is 1.11 bits per heavy atom. The standard InChI is InChI=1S/C26H22BrCl2N3O3/c1-32(2)20-7-5-19(6-8-20)31-26(33)18(14-30)10-17-11-21(27)25(24(13-17)34-3)35-15-16-4-9-22(28)23(29)12-16/h4-13H,15H2,1-3H3,(H,31,33)/b18-10-. The summed E-state index contributed by atoms with van der Waals surface area (Å²) >= 11 is 15.5. The number of carbonyl (C=O) groups excluding carboxylic acids is 1. The van der Waals surface area contributed by atoms with Crippen LogP contribution in [0, 0.1) is 11.3 Å². The second kappa shape index (κ2) is 12.0. The number of hydrogen-bond donors (Lipinski definition) is 1. The number of halogens is 3. The highest BCUT2D eigenvalue weighted by atomic mass is 79.9. The van der Waals surface area contributed by atoms with Gasteiger partial charge in [-0.3, -0.25) is 4.79 Å². The number of nitrogens with one attached hydrogen (secondary N) is 1. The van der Waals surface area contributed by atoms with Crippen molar-refractivity contribution in [3.63, 3.8) is 0 Å². The fraction of sp³-hybridized carbons (Fsp3) is 0.154. The molecule has 0 heterocycles. The lowest BCUT2D eigenvalue weighted by atomic mass is 10.1. The van der Waals surface area contributed by atoms with Crippen LogP contribution >= 0.6 is 39.1 Å². The molecule has 0 aromatic heterocycles. The van der Waals surface area contributed by atoms with Crippen LogP contribution in [0.2, 0.25) is 10.0 Å². The molecule has 0 aliphatic heterocycles. The monoisotopic (exact) mass is 573 g/mol. The highest BCUT2D eigenvalue weighted by molar-refractivity contribution is 9.10. The van der Waals surface area contributed by atoms with Crippen molar-refractivity contribution < 1.29 is 14.3 Å². The molecular formula is C26H22BrCl2N3O3. The minimum atomic E-state index is -0.514. The maximum atomic E-state index is 12.7. The van der Waals surface area contributed by atoms with Crippen LogP contribution in [0.5, 0.6) is 11.5 Å². The van der Waals surface area contributed by atoms with E-state index in [9.17, 15) is 10.1 Å². The van der Waals surface area contributed by atoms with Gasteiger partial charge in [-0.2, -0.15) is 5.26 Å². The molecule has 0 unspecified atom stereocenters. The third-order valence-corrected chi connectivity index (χ3v) is 6.26. The van der Waals surface area contributed by atoms with Crippen molar-refractivity contribution in [2.24, 2.45) is 0 Å². The smallest absolute Gasteiger partial charge is 0.266 e. The van der Waals surface area contributed by atoms with Crippen molar-refractivity contribution in [1.29, 1.82) is 5.26 Å². The fourth-order valence-corrected chi connectivity index (χ4v) is 4.00. The van der Waals surface area contributed by atoms with E-state index in [0.717, 1.165) is 11.3 Å². The van der Waals surface area contributed by atoms with E-state index in [-0.39, 0.29) is 12.2 Å². The summed E-state index contributed by atoms with van der Waals surface area (Å²) in [5.74, 6) is 0.391. The zero-order chi connectivity index (χ0) is 25.5. The van der Waals surface area contributed by atoms with E-state index in [2.05, 4.69) is 21.2 Å². The second-order valence-corrected chi connectivity index (χ2v) is 9.31. The quantitative estimate of drug-likeness (QED) is 0.232. The second-order valence-electron chi connectivity index (χ2n) is 7.64. The van der Waals surface area contributed by atoms with E-state index < -0.39 is 5.91 Å². The van der Waals surface area contributed by atoms with E-state index in [4.69, 9.17) is 32.7 Å². The Balaban J connectivity index is 1.79. The molecule has 6 nitrogen and oxygen atoms in total. The zero-order valence-electron chi connectivity index (χ0n) is 19.2. The van der Waals surface area contributed by atoms with Gasteiger partial charge in [0.25, 0.3) is 5.91 Å². The van der Waals surface area contributed by atoms with Gasteiger partial charge in [0.15, 0.2) is 11.5 Å². The molecule has 0 fully saturated rings. The Kier molecular flexibility index (Phi) is 9.05. The van der Waals surface area contributed by atoms with E-state index in [1.807, 2.05) is 43.3 Å². The summed E-state index contributed by atoms with van der Waals surface area (Å²) in [5, 5.41) is 13.2. The molecule has 0 saturated carbocycles. The minimum absolute atomic E-state index is 0.0555. The summed E-state index contributed by atoms with van der Waals surface area (Å²) in [4.78, 5) is 14.6. The number of hydrogen-bond acceptors (Lipinski definition) is 5. The molecule has 0 bridgehead atoms. The number of anilines is 2. The van der Waals surface area contributed by atoms with Crippen LogP contribution in [-0.2, 0) is 11.4 Å². The first-order valence-corrected chi connectivity index (χ1v) is 11.9. The molecular weight excluding hydrogens is 553 g/mol. The van der Waals surface area contributed by atoms with E-state index in [1.165, 1.54) is 13.2 Å². The van der Waals surface area contributed by atoms with Gasteiger partial charge in [-0.25, -0.2) is 0 Å². The molecule has 0 radical (unpaired) electrons. The lowest BCUT2D eigenvalue weighted by molar-refractivity contribution is -0.112. The molecule has 35 heavy (non-hydrogen) atoms. The van der Waals surface area contributed by atoms with Crippen LogP contribution in [0.15, 0.2) is 64.6 Å². The van der Waals surface area contributed by atoms with Gasteiger partial charge in [0.2, 0.25) is 0 Å². The Hall–Kier alpha value is -3.18. The van der Waals surface area contributed by atoms with Gasteiger partial charge in [-0.05, 0) is 81.7 Å².